The van der Waals surface area contributed by atoms with Crippen LogP contribution in [-0.4, -0.2) is 60.2 Å². The number of thioether (sulfide) groups is 1. The molecule has 0 saturated carbocycles. The molecule has 176 valence electrons. The fourth-order valence-electron chi connectivity index (χ4n) is 3.51. The van der Waals surface area contributed by atoms with E-state index in [2.05, 4.69) is 10.3 Å². The zero-order chi connectivity index (χ0) is 23.6. The highest BCUT2D eigenvalue weighted by molar-refractivity contribution is 7.99. The second-order valence-electron chi connectivity index (χ2n) is 7.27. The molecule has 12 heteroatoms. The van der Waals surface area contributed by atoms with Gasteiger partial charge in [0.2, 0.25) is 15.9 Å². The van der Waals surface area contributed by atoms with Crippen molar-refractivity contribution in [3.63, 3.8) is 0 Å². The number of halogens is 2. The SMILES string of the molecule is CCn1c(SCC(=O)Nc2ccc(F)cc2F)nc2cc(S(=O)(=O)N3CCOCC3)ccc21. The molecule has 33 heavy (non-hydrogen) atoms. The Labute approximate surface area is 194 Å². The molecular formula is C21H22F2N4O4S2. The number of sulfonamides is 1. The van der Waals surface area contributed by atoms with Gasteiger partial charge in [0, 0.05) is 25.7 Å². The van der Waals surface area contributed by atoms with Gasteiger partial charge in [-0.05, 0) is 37.3 Å². The van der Waals surface area contributed by atoms with E-state index in [-0.39, 0.29) is 16.3 Å². The lowest BCUT2D eigenvalue weighted by Crippen LogP contribution is -2.40. The highest BCUT2D eigenvalue weighted by atomic mass is 32.2. The number of hydrogen-bond acceptors (Lipinski definition) is 6. The predicted octanol–water partition coefficient (Wildman–Crippen LogP) is 3.09. The van der Waals surface area contributed by atoms with Crippen molar-refractivity contribution in [3.05, 3.63) is 48.0 Å². The van der Waals surface area contributed by atoms with Gasteiger partial charge in [-0.25, -0.2) is 22.2 Å². The molecule has 0 radical (unpaired) electrons. The normalized spacial score (nSPS) is 15.1. The largest absolute Gasteiger partial charge is 0.379 e. The van der Waals surface area contributed by atoms with Crippen molar-refractivity contribution in [2.45, 2.75) is 23.5 Å². The van der Waals surface area contributed by atoms with Gasteiger partial charge in [0.1, 0.15) is 11.6 Å². The molecule has 1 saturated heterocycles. The highest BCUT2D eigenvalue weighted by Crippen LogP contribution is 2.28. The van der Waals surface area contributed by atoms with Crippen LogP contribution < -0.4 is 5.32 Å². The third-order valence-electron chi connectivity index (χ3n) is 5.15. The van der Waals surface area contributed by atoms with Crippen molar-refractivity contribution >= 4 is 44.4 Å². The summed E-state index contributed by atoms with van der Waals surface area (Å²) in [6.45, 7) is 3.79. The Morgan fingerprint density at radius 2 is 1.94 bits per heavy atom. The number of nitrogens with zero attached hydrogens (tertiary/aromatic N) is 3. The molecule has 1 N–H and O–H groups in total. The Hall–Kier alpha value is -2.54. The molecule has 1 aromatic heterocycles. The fourth-order valence-corrected chi connectivity index (χ4v) is 5.81. The lowest BCUT2D eigenvalue weighted by molar-refractivity contribution is -0.113. The number of carbonyl (C=O) groups excluding carboxylic acids is 1. The molecule has 1 aliphatic rings. The third-order valence-corrected chi connectivity index (χ3v) is 8.02. The van der Waals surface area contributed by atoms with Crippen LogP contribution in [-0.2, 0) is 26.1 Å². The average molecular weight is 497 g/mol. The zero-order valence-electron chi connectivity index (χ0n) is 17.8. The number of nitrogens with one attached hydrogen (secondary N) is 1. The van der Waals surface area contributed by atoms with E-state index in [0.717, 1.165) is 29.4 Å². The van der Waals surface area contributed by atoms with Gasteiger partial charge in [-0.2, -0.15) is 4.31 Å². The maximum Gasteiger partial charge on any atom is 0.243 e. The van der Waals surface area contributed by atoms with Gasteiger partial charge >= 0.3 is 0 Å². The van der Waals surface area contributed by atoms with Gasteiger partial charge < -0.3 is 14.6 Å². The van der Waals surface area contributed by atoms with E-state index in [1.54, 1.807) is 12.1 Å². The number of aryl methyl sites for hydroxylation is 1. The maximum absolute atomic E-state index is 13.8. The summed E-state index contributed by atoms with van der Waals surface area (Å²) in [5.74, 6) is -2.12. The molecule has 1 aliphatic heterocycles. The first-order chi connectivity index (χ1) is 15.8. The highest BCUT2D eigenvalue weighted by Gasteiger charge is 2.27. The van der Waals surface area contributed by atoms with Gasteiger partial charge in [-0.1, -0.05) is 11.8 Å². The van der Waals surface area contributed by atoms with Gasteiger partial charge in [-0.3, -0.25) is 4.79 Å². The Kier molecular flexibility index (Phi) is 6.98. The van der Waals surface area contributed by atoms with Crippen molar-refractivity contribution < 1.29 is 26.7 Å². The van der Waals surface area contributed by atoms with Gasteiger partial charge in [0.15, 0.2) is 5.16 Å². The minimum atomic E-state index is -3.66. The van der Waals surface area contributed by atoms with Gasteiger partial charge in [-0.15, -0.1) is 0 Å². The number of rotatable bonds is 7. The quantitative estimate of drug-likeness (QED) is 0.506. The van der Waals surface area contributed by atoms with Crippen molar-refractivity contribution in [2.24, 2.45) is 0 Å². The minimum absolute atomic E-state index is 0.0565. The Morgan fingerprint density at radius 1 is 1.18 bits per heavy atom. The van der Waals surface area contributed by atoms with E-state index in [0.29, 0.717) is 49.6 Å². The van der Waals surface area contributed by atoms with E-state index in [1.165, 1.54) is 10.4 Å². The van der Waals surface area contributed by atoms with Crippen LogP contribution in [0.3, 0.4) is 0 Å². The van der Waals surface area contributed by atoms with Crippen LogP contribution in [0.5, 0.6) is 0 Å². The standard InChI is InChI=1S/C21H22F2N4O4S2/c1-2-27-19-6-4-15(33(29,30)26-7-9-31-10-8-26)12-18(19)25-21(27)32-13-20(28)24-17-5-3-14(22)11-16(17)23/h3-6,11-12H,2,7-10,13H2,1H3,(H,24,28). The monoisotopic (exact) mass is 496 g/mol. The third kappa shape index (κ3) is 5.03. The van der Waals surface area contributed by atoms with E-state index in [4.69, 9.17) is 4.74 Å². The molecule has 1 amide bonds. The molecule has 0 atom stereocenters. The summed E-state index contributed by atoms with van der Waals surface area (Å²) >= 11 is 1.14. The zero-order valence-corrected chi connectivity index (χ0v) is 19.4. The molecule has 0 aliphatic carbocycles. The number of fused-ring (bicyclic) bond motifs is 1. The number of morpholine rings is 1. The molecule has 0 spiro atoms. The molecule has 3 aromatic rings. The number of imidazole rings is 1. The summed E-state index contributed by atoms with van der Waals surface area (Å²) in [4.78, 5) is 17.0. The average Bonchev–Trinajstić information content (AvgIpc) is 3.17. The minimum Gasteiger partial charge on any atom is -0.379 e. The van der Waals surface area contributed by atoms with E-state index in [9.17, 15) is 22.0 Å². The summed E-state index contributed by atoms with van der Waals surface area (Å²) in [6, 6.07) is 7.71. The van der Waals surface area contributed by atoms with Gasteiger partial charge in [0.05, 0.1) is 40.6 Å². The van der Waals surface area contributed by atoms with E-state index in [1.807, 2.05) is 11.5 Å². The summed E-state index contributed by atoms with van der Waals surface area (Å²) in [5.41, 5.74) is 1.13. The molecule has 2 heterocycles. The Morgan fingerprint density at radius 3 is 2.64 bits per heavy atom. The number of benzene rings is 2. The second-order valence-corrected chi connectivity index (χ2v) is 10.1. The Balaban J connectivity index is 1.52. The van der Waals surface area contributed by atoms with Crippen LogP contribution in [0.2, 0.25) is 0 Å². The molecular weight excluding hydrogens is 474 g/mol. The van der Waals surface area contributed by atoms with Crippen LogP contribution in [0, 0.1) is 11.6 Å². The molecule has 2 aromatic carbocycles. The van der Waals surface area contributed by atoms with Crippen molar-refractivity contribution in [1.82, 2.24) is 13.9 Å². The van der Waals surface area contributed by atoms with Crippen molar-refractivity contribution in [1.29, 1.82) is 0 Å². The predicted molar refractivity (Wildman–Crippen MR) is 121 cm³/mol. The molecule has 4 rings (SSSR count). The lowest BCUT2D eigenvalue weighted by Gasteiger charge is -2.26. The van der Waals surface area contributed by atoms with Crippen LogP contribution >= 0.6 is 11.8 Å². The molecule has 8 nitrogen and oxygen atoms in total. The number of carbonyl (C=O) groups is 1. The summed E-state index contributed by atoms with van der Waals surface area (Å²) < 4.78 is 61.2. The summed E-state index contributed by atoms with van der Waals surface area (Å²) in [6.07, 6.45) is 0. The number of anilines is 1. The fraction of sp³-hybridized carbons (Fsp3) is 0.333. The van der Waals surface area contributed by atoms with Crippen LogP contribution in [0.1, 0.15) is 6.92 Å². The molecule has 0 bridgehead atoms. The molecule has 0 unspecified atom stereocenters. The van der Waals surface area contributed by atoms with Crippen LogP contribution in [0.15, 0.2) is 46.5 Å². The number of aromatic nitrogens is 2. The van der Waals surface area contributed by atoms with Crippen LogP contribution in [0.4, 0.5) is 14.5 Å². The summed E-state index contributed by atoms with van der Waals surface area (Å²) in [5, 5.41) is 2.94. The van der Waals surface area contributed by atoms with Crippen LogP contribution in [0.25, 0.3) is 11.0 Å². The Bertz CT molecular complexity index is 1290. The van der Waals surface area contributed by atoms with Crippen molar-refractivity contribution in [2.75, 3.05) is 37.4 Å². The number of hydrogen-bond donors (Lipinski definition) is 1. The smallest absolute Gasteiger partial charge is 0.243 e. The first-order valence-electron chi connectivity index (χ1n) is 10.3. The second kappa shape index (κ2) is 9.75. The lowest BCUT2D eigenvalue weighted by atomic mass is 10.3. The number of amides is 1. The van der Waals surface area contributed by atoms with E-state index >= 15 is 0 Å². The maximum atomic E-state index is 13.8. The summed E-state index contributed by atoms with van der Waals surface area (Å²) in [7, 11) is -3.66. The first kappa shape index (κ1) is 23.6. The van der Waals surface area contributed by atoms with Gasteiger partial charge in [0.25, 0.3) is 0 Å². The molecule has 1 fully saturated rings. The van der Waals surface area contributed by atoms with Crippen molar-refractivity contribution in [3.8, 4) is 0 Å². The first-order valence-corrected chi connectivity index (χ1v) is 12.7. The number of ether oxygens (including phenoxy) is 1. The van der Waals surface area contributed by atoms with E-state index < -0.39 is 27.6 Å². The topological polar surface area (TPSA) is 93.5 Å².